The summed E-state index contributed by atoms with van der Waals surface area (Å²) in [6, 6.07) is 88.2. The van der Waals surface area contributed by atoms with Gasteiger partial charge in [-0.3, -0.25) is 0 Å². The van der Waals surface area contributed by atoms with Gasteiger partial charge in [0.15, 0.2) is 0 Å². The molecule has 2 aliphatic rings. The maximum atomic E-state index is 6.87. The largest absolute Gasteiger partial charge is 0.457 e. The third-order valence-electron chi connectivity index (χ3n) is 13.4. The minimum atomic E-state index is -0.661. The van der Waals surface area contributed by atoms with Crippen LogP contribution in [0.15, 0.2) is 243 Å². The summed E-state index contributed by atoms with van der Waals surface area (Å²) in [4.78, 5) is 2.47. The molecule has 0 bridgehead atoms. The van der Waals surface area contributed by atoms with E-state index in [1.807, 2.05) is 0 Å². The Morgan fingerprint density at radius 1 is 0.344 bits per heavy atom. The number of benzene rings is 10. The smallest absolute Gasteiger partial charge is 0.132 e. The van der Waals surface area contributed by atoms with E-state index in [4.69, 9.17) is 4.74 Å². The van der Waals surface area contributed by atoms with Crippen LogP contribution in [0.3, 0.4) is 0 Å². The summed E-state index contributed by atoms with van der Waals surface area (Å²) < 4.78 is 9.27. The predicted octanol–water partition coefficient (Wildman–Crippen LogP) is 16.1. The van der Waals surface area contributed by atoms with Gasteiger partial charge in [-0.25, -0.2) is 0 Å². The number of nitrogens with zero attached hydrogens (tertiary/aromatic N) is 2. The lowest BCUT2D eigenvalue weighted by Gasteiger charge is -2.40. The molecule has 1 aromatic heterocycles. The zero-order valence-corrected chi connectivity index (χ0v) is 34.9. The van der Waals surface area contributed by atoms with E-state index in [9.17, 15) is 0 Å². The second kappa shape index (κ2) is 14.3. The van der Waals surface area contributed by atoms with Crippen LogP contribution >= 0.6 is 0 Å². The molecule has 1 atom stereocenters. The van der Waals surface area contributed by atoms with Crippen molar-refractivity contribution in [2.75, 3.05) is 4.90 Å². The fraction of sp³-hybridized carbons (Fsp3) is 0.0164. The highest BCUT2D eigenvalue weighted by Crippen LogP contribution is 2.63. The Morgan fingerprint density at radius 3 is 1.77 bits per heavy atom. The normalized spacial score (nSPS) is 14.4. The van der Waals surface area contributed by atoms with Crippen molar-refractivity contribution in [2.24, 2.45) is 0 Å². The molecule has 0 amide bonds. The van der Waals surface area contributed by atoms with Gasteiger partial charge in [-0.2, -0.15) is 0 Å². The quantitative estimate of drug-likeness (QED) is 0.166. The number of hydrogen-bond acceptors (Lipinski definition) is 2. The molecular weight excluding hydrogens is 777 g/mol. The SMILES string of the molecule is c1ccc(-c2ccc3c(c2)C2(c4ccccc4O3)c3ccccc3-c3ccc(N(c4ccc5c6ccccc6n(-c6ccccc6)c5c4)c4ccccc4-c4ccccc4)cc32)cc1. The Morgan fingerprint density at radius 2 is 0.938 bits per heavy atom. The summed E-state index contributed by atoms with van der Waals surface area (Å²) in [5.41, 5.74) is 17.9. The monoisotopic (exact) mass is 816 g/mol. The molecule has 1 aliphatic carbocycles. The Labute approximate surface area is 372 Å². The lowest BCUT2D eigenvalue weighted by molar-refractivity contribution is 0.436. The summed E-state index contributed by atoms with van der Waals surface area (Å²) in [6.45, 7) is 0. The van der Waals surface area contributed by atoms with E-state index in [-0.39, 0.29) is 0 Å². The van der Waals surface area contributed by atoms with Crippen LogP contribution in [0, 0.1) is 0 Å². The summed E-state index contributed by atoms with van der Waals surface area (Å²) in [7, 11) is 0. The highest BCUT2D eigenvalue weighted by Gasteiger charge is 2.51. The molecule has 3 heteroatoms. The molecule has 10 aromatic carbocycles. The van der Waals surface area contributed by atoms with Crippen LogP contribution in [-0.2, 0) is 5.41 Å². The fourth-order valence-electron chi connectivity index (χ4n) is 10.7. The summed E-state index contributed by atoms with van der Waals surface area (Å²) in [5, 5.41) is 2.44. The van der Waals surface area contributed by atoms with E-state index in [0.717, 1.165) is 67.6 Å². The van der Waals surface area contributed by atoms with Crippen molar-refractivity contribution in [1.82, 2.24) is 4.57 Å². The fourth-order valence-corrected chi connectivity index (χ4v) is 10.7. The average Bonchev–Trinajstić information content (AvgIpc) is 3.85. The first kappa shape index (κ1) is 36.3. The number of anilines is 3. The van der Waals surface area contributed by atoms with Crippen LogP contribution in [0.5, 0.6) is 11.5 Å². The van der Waals surface area contributed by atoms with Gasteiger partial charge in [-0.1, -0.05) is 176 Å². The van der Waals surface area contributed by atoms with Crippen molar-refractivity contribution in [3.63, 3.8) is 0 Å². The van der Waals surface area contributed by atoms with E-state index in [1.165, 1.54) is 44.1 Å². The number of aromatic nitrogens is 1. The van der Waals surface area contributed by atoms with Crippen molar-refractivity contribution in [1.29, 1.82) is 0 Å². The van der Waals surface area contributed by atoms with Crippen LogP contribution in [0.4, 0.5) is 17.1 Å². The molecule has 13 rings (SSSR count). The van der Waals surface area contributed by atoms with E-state index >= 15 is 0 Å². The third-order valence-corrected chi connectivity index (χ3v) is 13.4. The number of fused-ring (bicyclic) bond motifs is 12. The second-order valence-electron chi connectivity index (χ2n) is 16.8. The zero-order chi connectivity index (χ0) is 42.2. The van der Waals surface area contributed by atoms with E-state index in [2.05, 4.69) is 252 Å². The molecular formula is C61H40N2O. The first-order chi connectivity index (χ1) is 31.8. The van der Waals surface area contributed by atoms with E-state index in [0.29, 0.717) is 0 Å². The van der Waals surface area contributed by atoms with E-state index < -0.39 is 5.41 Å². The Balaban J connectivity index is 1.11. The second-order valence-corrected chi connectivity index (χ2v) is 16.8. The Bertz CT molecular complexity index is 3590. The number of hydrogen-bond donors (Lipinski definition) is 0. The van der Waals surface area contributed by atoms with Crippen LogP contribution in [-0.4, -0.2) is 4.57 Å². The standard InChI is InChI=1S/C61H40N2O/c1-4-18-41(19-5-1)43-32-37-60-55(38-43)61(53-28-14-17-31-59(53)64-60)52-27-13-10-25-48(52)49-35-33-45(39-54(49)61)62(56-29-15-11-24-47(56)42-20-6-2-7-21-42)46-34-36-51-50-26-12-16-30-57(50)63(58(51)40-46)44-22-8-3-9-23-44/h1-40H. The first-order valence-electron chi connectivity index (χ1n) is 22.0. The molecule has 11 aromatic rings. The molecule has 0 radical (unpaired) electrons. The van der Waals surface area contributed by atoms with Gasteiger partial charge in [0.25, 0.3) is 0 Å². The van der Waals surface area contributed by atoms with Crippen LogP contribution < -0.4 is 9.64 Å². The van der Waals surface area contributed by atoms with Gasteiger partial charge in [0, 0.05) is 44.5 Å². The zero-order valence-electron chi connectivity index (χ0n) is 34.9. The van der Waals surface area contributed by atoms with Gasteiger partial charge in [0.1, 0.15) is 11.5 Å². The molecule has 2 heterocycles. The van der Waals surface area contributed by atoms with Crippen molar-refractivity contribution >= 4 is 38.9 Å². The minimum Gasteiger partial charge on any atom is -0.457 e. The van der Waals surface area contributed by atoms with Crippen LogP contribution in [0.1, 0.15) is 22.3 Å². The predicted molar refractivity (Wildman–Crippen MR) is 264 cm³/mol. The Hall–Kier alpha value is -8.40. The minimum absolute atomic E-state index is 0.661. The van der Waals surface area contributed by atoms with Crippen molar-refractivity contribution in [3.8, 4) is 50.6 Å². The Kier molecular flexibility index (Phi) is 8.13. The van der Waals surface area contributed by atoms with Crippen molar-refractivity contribution in [2.45, 2.75) is 5.41 Å². The summed E-state index contributed by atoms with van der Waals surface area (Å²) in [5.74, 6) is 1.75. The molecule has 1 spiro atoms. The maximum absolute atomic E-state index is 6.87. The highest BCUT2D eigenvalue weighted by atomic mass is 16.5. The van der Waals surface area contributed by atoms with E-state index in [1.54, 1.807) is 0 Å². The van der Waals surface area contributed by atoms with Gasteiger partial charge < -0.3 is 14.2 Å². The molecule has 0 N–H and O–H groups in total. The topological polar surface area (TPSA) is 17.4 Å². The van der Waals surface area contributed by atoms with Gasteiger partial charge in [-0.05, 0) is 106 Å². The summed E-state index contributed by atoms with van der Waals surface area (Å²) in [6.07, 6.45) is 0. The van der Waals surface area contributed by atoms with Gasteiger partial charge in [0.2, 0.25) is 0 Å². The molecule has 64 heavy (non-hydrogen) atoms. The number of ether oxygens (including phenoxy) is 1. The number of rotatable bonds is 6. The highest BCUT2D eigenvalue weighted by molar-refractivity contribution is 6.10. The van der Waals surface area contributed by atoms with Crippen LogP contribution in [0.2, 0.25) is 0 Å². The molecule has 3 nitrogen and oxygen atoms in total. The molecule has 0 fully saturated rings. The lowest BCUT2D eigenvalue weighted by atomic mass is 9.65. The van der Waals surface area contributed by atoms with Gasteiger partial charge >= 0.3 is 0 Å². The van der Waals surface area contributed by atoms with Crippen LogP contribution in [0.25, 0.3) is 60.9 Å². The maximum Gasteiger partial charge on any atom is 0.132 e. The third kappa shape index (κ3) is 5.34. The van der Waals surface area contributed by atoms with Gasteiger partial charge in [-0.15, -0.1) is 0 Å². The average molecular weight is 817 g/mol. The molecule has 1 unspecified atom stereocenters. The lowest BCUT2D eigenvalue weighted by Crippen LogP contribution is -2.32. The first-order valence-corrected chi connectivity index (χ1v) is 22.0. The molecule has 0 saturated carbocycles. The van der Waals surface area contributed by atoms with Gasteiger partial charge in [0.05, 0.1) is 22.1 Å². The molecule has 300 valence electrons. The molecule has 0 saturated heterocycles. The van der Waals surface area contributed by atoms with Crippen molar-refractivity contribution < 1.29 is 4.74 Å². The van der Waals surface area contributed by atoms with Crippen molar-refractivity contribution in [3.05, 3.63) is 265 Å². The number of para-hydroxylation sites is 4. The summed E-state index contributed by atoms with van der Waals surface area (Å²) >= 11 is 0. The molecule has 1 aliphatic heterocycles.